The molecule has 30 heavy (non-hydrogen) atoms. The minimum absolute atomic E-state index is 0.446. The SMILES string of the molecule is CO.O=S(=O)(O)OS(=O)(=O)O.c1ccc(P(c2ccccc2)c2ccccc2)cc1. The molecule has 0 amide bonds. The second-order valence-electron chi connectivity index (χ2n) is 5.27. The molecule has 0 aliphatic heterocycles. The number of aliphatic hydroxyl groups is 1. The van der Waals surface area contributed by atoms with Gasteiger partial charge in [-0.15, -0.1) is 3.63 Å². The van der Waals surface area contributed by atoms with Crippen LogP contribution in [0.3, 0.4) is 0 Å². The van der Waals surface area contributed by atoms with Crippen molar-refractivity contribution in [3.05, 3.63) is 91.0 Å². The van der Waals surface area contributed by atoms with E-state index in [1.54, 1.807) is 0 Å². The van der Waals surface area contributed by atoms with E-state index in [9.17, 15) is 16.8 Å². The molecule has 3 aromatic rings. The topological polar surface area (TPSA) is 138 Å². The van der Waals surface area contributed by atoms with Gasteiger partial charge in [0.15, 0.2) is 0 Å². The molecule has 11 heteroatoms. The first kappa shape index (κ1) is 25.9. The van der Waals surface area contributed by atoms with Crippen molar-refractivity contribution in [3.8, 4) is 0 Å². The largest absolute Gasteiger partial charge is 0.413 e. The van der Waals surface area contributed by atoms with Gasteiger partial charge in [0.25, 0.3) is 0 Å². The van der Waals surface area contributed by atoms with E-state index in [0.717, 1.165) is 7.11 Å². The van der Waals surface area contributed by atoms with Gasteiger partial charge in [-0.3, -0.25) is 9.11 Å². The first-order chi connectivity index (χ1) is 14.2. The number of benzene rings is 3. The molecule has 0 aromatic heterocycles. The molecule has 3 N–H and O–H groups in total. The van der Waals surface area contributed by atoms with Crippen LogP contribution in [0.5, 0.6) is 0 Å². The van der Waals surface area contributed by atoms with Crippen LogP contribution < -0.4 is 15.9 Å². The average molecular weight is 472 g/mol. The van der Waals surface area contributed by atoms with Gasteiger partial charge in [-0.2, -0.15) is 16.8 Å². The van der Waals surface area contributed by atoms with E-state index in [-0.39, 0.29) is 0 Å². The van der Waals surface area contributed by atoms with E-state index in [1.165, 1.54) is 15.9 Å². The van der Waals surface area contributed by atoms with E-state index in [1.807, 2.05) is 0 Å². The van der Waals surface area contributed by atoms with Gasteiger partial charge in [0.05, 0.1) is 0 Å². The monoisotopic (exact) mass is 472 g/mol. The third-order valence-corrected chi connectivity index (χ3v) is 7.03. The van der Waals surface area contributed by atoms with Gasteiger partial charge in [0, 0.05) is 7.11 Å². The Morgan fingerprint density at radius 2 is 0.800 bits per heavy atom. The summed E-state index contributed by atoms with van der Waals surface area (Å²) in [6.07, 6.45) is 0. The Bertz CT molecular complexity index is 951. The fourth-order valence-corrected chi connectivity index (χ4v) is 5.46. The van der Waals surface area contributed by atoms with Crippen LogP contribution in [0.2, 0.25) is 0 Å². The number of hydrogen-bond donors (Lipinski definition) is 3. The van der Waals surface area contributed by atoms with Gasteiger partial charge < -0.3 is 5.11 Å². The van der Waals surface area contributed by atoms with Crippen molar-refractivity contribution in [1.29, 1.82) is 0 Å². The highest BCUT2D eigenvalue weighted by Crippen LogP contribution is 2.32. The first-order valence-corrected chi connectivity index (χ1v) is 12.3. The maximum atomic E-state index is 9.44. The van der Waals surface area contributed by atoms with Gasteiger partial charge in [-0.1, -0.05) is 91.0 Å². The summed E-state index contributed by atoms with van der Waals surface area (Å²) in [5.74, 6) is 0. The molecule has 0 spiro atoms. The molecule has 0 atom stereocenters. The highest BCUT2D eigenvalue weighted by Gasteiger charge is 2.16. The maximum Gasteiger partial charge on any atom is 0.413 e. The summed E-state index contributed by atoms with van der Waals surface area (Å²) < 4.78 is 55.6. The zero-order chi connectivity index (χ0) is 22.6. The summed E-state index contributed by atoms with van der Waals surface area (Å²) >= 11 is 0. The number of rotatable bonds is 5. The van der Waals surface area contributed by atoms with Crippen LogP contribution in [0.15, 0.2) is 91.0 Å². The third-order valence-electron chi connectivity index (χ3n) is 3.22. The second-order valence-corrected chi connectivity index (χ2v) is 9.74. The minimum Gasteiger partial charge on any atom is -0.400 e. The van der Waals surface area contributed by atoms with Gasteiger partial charge in [-0.05, 0) is 23.8 Å². The van der Waals surface area contributed by atoms with Crippen molar-refractivity contribution in [2.75, 3.05) is 7.11 Å². The minimum atomic E-state index is -5.12. The molecule has 0 heterocycles. The fraction of sp³-hybridized carbons (Fsp3) is 0.0526. The van der Waals surface area contributed by atoms with Crippen molar-refractivity contribution in [2.45, 2.75) is 0 Å². The Balaban J connectivity index is 0.000000349. The Hall–Kier alpha value is -2.17. The molecule has 0 fully saturated rings. The molecular formula is C19H21O8PS2. The lowest BCUT2D eigenvalue weighted by atomic mass is 10.4. The summed E-state index contributed by atoms with van der Waals surface area (Å²) in [5, 5.41) is 11.2. The summed E-state index contributed by atoms with van der Waals surface area (Å²) in [6.45, 7) is 0. The van der Waals surface area contributed by atoms with Crippen LogP contribution in [0, 0.1) is 0 Å². The van der Waals surface area contributed by atoms with Gasteiger partial charge in [0.1, 0.15) is 0 Å². The van der Waals surface area contributed by atoms with Crippen LogP contribution in [-0.2, 0) is 24.4 Å². The van der Waals surface area contributed by atoms with Crippen LogP contribution in [0.25, 0.3) is 0 Å². The van der Waals surface area contributed by atoms with E-state index in [2.05, 4.69) is 94.6 Å². The molecule has 8 nitrogen and oxygen atoms in total. The average Bonchev–Trinajstić information content (AvgIpc) is 2.70. The van der Waals surface area contributed by atoms with Gasteiger partial charge in [0.2, 0.25) is 0 Å². The Labute approximate surface area is 177 Å². The molecule has 0 aliphatic carbocycles. The molecule has 0 bridgehead atoms. The van der Waals surface area contributed by atoms with E-state index < -0.39 is 28.7 Å². The molecule has 0 saturated carbocycles. The molecule has 0 radical (unpaired) electrons. The fourth-order valence-electron chi connectivity index (χ4n) is 2.29. The Morgan fingerprint density at radius 1 is 0.567 bits per heavy atom. The van der Waals surface area contributed by atoms with Crippen LogP contribution >= 0.6 is 7.92 Å². The molecule has 3 rings (SSSR count). The molecule has 162 valence electrons. The smallest absolute Gasteiger partial charge is 0.400 e. The lowest BCUT2D eigenvalue weighted by Gasteiger charge is -2.18. The zero-order valence-electron chi connectivity index (χ0n) is 15.8. The van der Waals surface area contributed by atoms with Gasteiger partial charge in [-0.25, -0.2) is 0 Å². The highest BCUT2D eigenvalue weighted by atomic mass is 32.3. The first-order valence-electron chi connectivity index (χ1n) is 8.22. The number of hydrogen-bond acceptors (Lipinski definition) is 6. The summed E-state index contributed by atoms with van der Waals surface area (Å²) in [5.41, 5.74) is 0. The Kier molecular flexibility index (Phi) is 10.8. The van der Waals surface area contributed by atoms with Crippen LogP contribution in [0.1, 0.15) is 0 Å². The lowest BCUT2D eigenvalue weighted by molar-refractivity contribution is 0.344. The molecular weight excluding hydrogens is 451 g/mol. The second kappa shape index (κ2) is 12.5. The highest BCUT2D eigenvalue weighted by molar-refractivity contribution is 7.94. The quantitative estimate of drug-likeness (QED) is 0.377. The van der Waals surface area contributed by atoms with Crippen molar-refractivity contribution < 1.29 is 34.7 Å². The predicted molar refractivity (Wildman–Crippen MR) is 117 cm³/mol. The van der Waals surface area contributed by atoms with E-state index in [0.29, 0.717) is 0 Å². The predicted octanol–water partition coefficient (Wildman–Crippen LogP) is 1.66. The van der Waals surface area contributed by atoms with Gasteiger partial charge >= 0.3 is 20.8 Å². The van der Waals surface area contributed by atoms with E-state index >= 15 is 0 Å². The summed E-state index contributed by atoms with van der Waals surface area (Å²) in [4.78, 5) is 0. The molecule has 3 aromatic carbocycles. The van der Waals surface area contributed by atoms with Crippen molar-refractivity contribution in [2.24, 2.45) is 0 Å². The molecule has 0 aliphatic rings. The third kappa shape index (κ3) is 10.0. The standard InChI is InChI=1S/C18H15P.CH4O.H2O7S2/c1-4-10-16(11-5-1)19(17-12-6-2-7-13-17)18-14-8-3-9-15-18;1-2;1-8(2,3)7-9(4,5)6/h1-15H;2H,1H3;(H,1,2,3)(H,4,5,6). The summed E-state index contributed by atoms with van der Waals surface area (Å²) in [7, 11) is -9.69. The normalized spacial score (nSPS) is 11.0. The van der Waals surface area contributed by atoms with Crippen molar-refractivity contribution in [3.63, 3.8) is 0 Å². The van der Waals surface area contributed by atoms with Crippen molar-refractivity contribution in [1.82, 2.24) is 0 Å². The Morgan fingerprint density at radius 3 is 0.967 bits per heavy atom. The lowest BCUT2D eigenvalue weighted by Crippen LogP contribution is -2.20. The van der Waals surface area contributed by atoms with Crippen molar-refractivity contribution >= 4 is 44.6 Å². The van der Waals surface area contributed by atoms with Crippen LogP contribution in [0.4, 0.5) is 0 Å². The van der Waals surface area contributed by atoms with Crippen LogP contribution in [-0.4, -0.2) is 38.2 Å². The zero-order valence-corrected chi connectivity index (χ0v) is 18.3. The molecule has 0 unspecified atom stereocenters. The maximum absolute atomic E-state index is 9.44. The summed E-state index contributed by atoms with van der Waals surface area (Å²) in [6, 6.07) is 32.3. The van der Waals surface area contributed by atoms with E-state index in [4.69, 9.17) is 14.2 Å². The molecule has 0 saturated heterocycles. The number of aliphatic hydroxyl groups excluding tert-OH is 1.